The van der Waals surface area contributed by atoms with Crippen LogP contribution in [0.15, 0.2) is 48.6 Å². The average Bonchev–Trinajstić information content (AvgIpc) is 3.26. The van der Waals surface area contributed by atoms with E-state index in [0.717, 1.165) is 0 Å². The molecule has 134 valence electrons. The van der Waals surface area contributed by atoms with Crippen molar-refractivity contribution in [3.63, 3.8) is 0 Å². The molecule has 0 radical (unpaired) electrons. The van der Waals surface area contributed by atoms with Crippen LogP contribution in [0.5, 0.6) is 0 Å². The van der Waals surface area contributed by atoms with Crippen LogP contribution < -0.4 is 10.6 Å². The van der Waals surface area contributed by atoms with Gasteiger partial charge in [0.25, 0.3) is 0 Å². The lowest BCUT2D eigenvalue weighted by molar-refractivity contribution is -0.122. The van der Waals surface area contributed by atoms with Crippen molar-refractivity contribution >= 4 is 69.6 Å². The van der Waals surface area contributed by atoms with Gasteiger partial charge in [-0.1, -0.05) is 58.6 Å². The molecular formula is C18H12Cl4N2O2. The molecule has 0 spiro atoms. The van der Waals surface area contributed by atoms with E-state index in [-0.39, 0.29) is 11.8 Å². The van der Waals surface area contributed by atoms with Crippen LogP contribution >= 0.6 is 46.4 Å². The van der Waals surface area contributed by atoms with Crippen LogP contribution in [0.3, 0.4) is 0 Å². The lowest BCUT2D eigenvalue weighted by Crippen LogP contribution is -2.20. The van der Waals surface area contributed by atoms with E-state index in [1.807, 2.05) is 0 Å². The highest BCUT2D eigenvalue weighted by Gasteiger charge is 2.52. The van der Waals surface area contributed by atoms with Crippen molar-refractivity contribution in [3.8, 4) is 0 Å². The van der Waals surface area contributed by atoms with Crippen molar-refractivity contribution in [3.05, 3.63) is 68.6 Å². The second-order valence-corrected chi connectivity index (χ2v) is 7.44. The van der Waals surface area contributed by atoms with E-state index in [9.17, 15) is 9.59 Å². The van der Waals surface area contributed by atoms with E-state index in [1.54, 1.807) is 24.3 Å². The zero-order valence-electron chi connectivity index (χ0n) is 13.2. The van der Waals surface area contributed by atoms with Crippen molar-refractivity contribution in [2.45, 2.75) is 0 Å². The van der Waals surface area contributed by atoms with Crippen molar-refractivity contribution in [1.82, 2.24) is 0 Å². The Kier molecular flexibility index (Phi) is 5.49. The average molecular weight is 430 g/mol. The summed E-state index contributed by atoms with van der Waals surface area (Å²) < 4.78 is 0. The number of hydrogen-bond donors (Lipinski definition) is 2. The third kappa shape index (κ3) is 3.99. The Morgan fingerprint density at radius 2 is 1.15 bits per heavy atom. The standard InChI is InChI=1S/C18H12Cl4N2O2/c1-8-15(17(25)23-13-6-9(19)2-4-11(13)21)16(8)18(26)24-14-7-10(20)3-5-12(14)22/h2-7,15-16H,1H2,(H,23,25)(H,24,26)/t15-,16+. The van der Waals surface area contributed by atoms with Gasteiger partial charge >= 0.3 is 0 Å². The van der Waals surface area contributed by atoms with Gasteiger partial charge in [-0.3, -0.25) is 9.59 Å². The molecule has 2 aromatic carbocycles. The van der Waals surface area contributed by atoms with Crippen molar-refractivity contribution in [1.29, 1.82) is 0 Å². The van der Waals surface area contributed by atoms with Gasteiger partial charge in [0.1, 0.15) is 0 Å². The van der Waals surface area contributed by atoms with Gasteiger partial charge in [-0.25, -0.2) is 0 Å². The molecule has 26 heavy (non-hydrogen) atoms. The predicted molar refractivity (Wildman–Crippen MR) is 106 cm³/mol. The molecule has 0 bridgehead atoms. The second-order valence-electron chi connectivity index (χ2n) is 5.76. The zero-order valence-corrected chi connectivity index (χ0v) is 16.2. The number of carbonyl (C=O) groups is 2. The normalized spacial score (nSPS) is 18.4. The summed E-state index contributed by atoms with van der Waals surface area (Å²) in [6.07, 6.45) is 0. The Bertz CT molecular complexity index is 856. The molecule has 2 amide bonds. The Morgan fingerprint density at radius 1 is 0.769 bits per heavy atom. The minimum Gasteiger partial charge on any atom is -0.324 e. The lowest BCUT2D eigenvalue weighted by Gasteiger charge is -2.08. The first-order valence-corrected chi connectivity index (χ1v) is 8.99. The molecule has 0 unspecified atom stereocenters. The number of rotatable bonds is 4. The monoisotopic (exact) mass is 428 g/mol. The number of amides is 2. The summed E-state index contributed by atoms with van der Waals surface area (Å²) in [5, 5.41) is 6.90. The van der Waals surface area contributed by atoms with Crippen molar-refractivity contribution < 1.29 is 9.59 Å². The Balaban J connectivity index is 1.68. The summed E-state index contributed by atoms with van der Waals surface area (Å²) in [6, 6.07) is 9.45. The van der Waals surface area contributed by atoms with Gasteiger partial charge in [-0.2, -0.15) is 0 Å². The fourth-order valence-electron chi connectivity index (χ4n) is 2.56. The zero-order chi connectivity index (χ0) is 19.0. The largest absolute Gasteiger partial charge is 0.324 e. The SMILES string of the molecule is C=C1[C@H](C(=O)Nc2cc(Cl)ccc2Cl)[C@@H]1C(=O)Nc1cc(Cl)ccc1Cl. The summed E-state index contributed by atoms with van der Waals surface area (Å²) >= 11 is 23.9. The fraction of sp³-hybridized carbons (Fsp3) is 0.111. The predicted octanol–water partition coefficient (Wildman–Crippen LogP) is 5.68. The number of hydrogen-bond acceptors (Lipinski definition) is 2. The molecule has 1 fully saturated rings. The van der Waals surface area contributed by atoms with Crippen molar-refractivity contribution in [2.75, 3.05) is 10.6 Å². The van der Waals surface area contributed by atoms with E-state index in [0.29, 0.717) is 37.0 Å². The molecule has 0 heterocycles. The lowest BCUT2D eigenvalue weighted by atomic mass is 10.2. The fourth-order valence-corrected chi connectivity index (χ4v) is 3.24. The van der Waals surface area contributed by atoms with Gasteiger partial charge in [0.15, 0.2) is 0 Å². The second kappa shape index (κ2) is 7.49. The summed E-state index contributed by atoms with van der Waals surface area (Å²) in [5.74, 6) is -2.06. The first-order valence-electron chi connectivity index (χ1n) is 7.48. The topological polar surface area (TPSA) is 58.2 Å². The van der Waals surface area contributed by atoms with Gasteiger partial charge in [0.05, 0.1) is 33.3 Å². The number of halogens is 4. The van der Waals surface area contributed by atoms with E-state index in [2.05, 4.69) is 17.2 Å². The van der Waals surface area contributed by atoms with Gasteiger partial charge in [0.2, 0.25) is 11.8 Å². The molecule has 3 rings (SSSR count). The van der Waals surface area contributed by atoms with Crippen LogP contribution in [0.1, 0.15) is 0 Å². The minimum atomic E-state index is -0.650. The maximum Gasteiger partial charge on any atom is 0.232 e. The molecule has 0 saturated heterocycles. The number of nitrogens with one attached hydrogen (secondary N) is 2. The first-order chi connectivity index (χ1) is 12.3. The van der Waals surface area contributed by atoms with E-state index in [1.165, 1.54) is 12.1 Å². The summed E-state index contributed by atoms with van der Waals surface area (Å²) in [4.78, 5) is 24.9. The van der Waals surface area contributed by atoms with E-state index >= 15 is 0 Å². The molecule has 4 nitrogen and oxygen atoms in total. The number of carbonyl (C=O) groups excluding carboxylic acids is 2. The van der Waals surface area contributed by atoms with Crippen LogP contribution in [0.4, 0.5) is 11.4 Å². The third-order valence-corrected chi connectivity index (χ3v) is 5.09. The third-order valence-electron chi connectivity index (χ3n) is 3.96. The van der Waals surface area contributed by atoms with Gasteiger partial charge < -0.3 is 10.6 Å². The Labute approximate surface area is 170 Å². The molecule has 2 atom stereocenters. The molecule has 1 aliphatic rings. The minimum absolute atomic E-state index is 0.348. The summed E-state index contributed by atoms with van der Waals surface area (Å²) in [7, 11) is 0. The molecule has 2 N–H and O–H groups in total. The van der Waals surface area contributed by atoms with Crippen LogP contribution in [0.2, 0.25) is 20.1 Å². The maximum absolute atomic E-state index is 12.4. The maximum atomic E-state index is 12.4. The molecule has 1 saturated carbocycles. The summed E-state index contributed by atoms with van der Waals surface area (Å²) in [6.45, 7) is 3.80. The van der Waals surface area contributed by atoms with Crippen LogP contribution in [-0.4, -0.2) is 11.8 Å². The van der Waals surface area contributed by atoms with Crippen LogP contribution in [0, 0.1) is 11.8 Å². The Morgan fingerprint density at radius 3 is 1.54 bits per heavy atom. The van der Waals surface area contributed by atoms with E-state index < -0.39 is 11.8 Å². The molecule has 1 aliphatic carbocycles. The molecule has 0 aliphatic heterocycles. The number of benzene rings is 2. The van der Waals surface area contributed by atoms with Gasteiger partial charge in [-0.15, -0.1) is 0 Å². The molecule has 0 aromatic heterocycles. The van der Waals surface area contributed by atoms with Crippen LogP contribution in [-0.2, 0) is 9.59 Å². The molecular weight excluding hydrogens is 418 g/mol. The van der Waals surface area contributed by atoms with Gasteiger partial charge in [0, 0.05) is 10.0 Å². The first kappa shape index (κ1) is 19.1. The highest BCUT2D eigenvalue weighted by Crippen LogP contribution is 2.46. The van der Waals surface area contributed by atoms with Gasteiger partial charge in [-0.05, 0) is 36.4 Å². The summed E-state index contributed by atoms with van der Waals surface area (Å²) in [5.41, 5.74) is 1.26. The molecule has 8 heteroatoms. The molecule has 2 aromatic rings. The smallest absolute Gasteiger partial charge is 0.232 e. The Hall–Kier alpha value is -1.72. The highest BCUT2D eigenvalue weighted by molar-refractivity contribution is 6.36. The van der Waals surface area contributed by atoms with E-state index in [4.69, 9.17) is 46.4 Å². The quantitative estimate of drug-likeness (QED) is 0.614. The highest BCUT2D eigenvalue weighted by atomic mass is 35.5. The van der Waals surface area contributed by atoms with Crippen molar-refractivity contribution in [2.24, 2.45) is 11.8 Å². The van der Waals surface area contributed by atoms with Crippen LogP contribution in [0.25, 0.3) is 0 Å². The number of anilines is 2.